The maximum Gasteiger partial charge on any atom is 0.339 e. The minimum absolute atomic E-state index is 0.811. The summed E-state index contributed by atoms with van der Waals surface area (Å²) in [7, 11) is -4.87. The SMILES string of the molecule is N[C@@H](CC(C(=O)O)P(=O)(O)O)C(=O)O. The van der Waals surface area contributed by atoms with E-state index in [9.17, 15) is 14.2 Å². The van der Waals surface area contributed by atoms with Crippen molar-refractivity contribution in [1.82, 2.24) is 0 Å². The molecule has 0 radical (unpaired) electrons. The van der Waals surface area contributed by atoms with E-state index in [-0.39, 0.29) is 0 Å². The van der Waals surface area contributed by atoms with Crippen LogP contribution >= 0.6 is 7.60 Å². The van der Waals surface area contributed by atoms with Crippen LogP contribution in [0.25, 0.3) is 0 Å². The van der Waals surface area contributed by atoms with E-state index in [1.807, 2.05) is 0 Å². The average Bonchev–Trinajstić information content (AvgIpc) is 1.96. The predicted octanol–water partition coefficient (Wildman–Crippen LogP) is -1.58. The van der Waals surface area contributed by atoms with Gasteiger partial charge >= 0.3 is 19.5 Å². The third-order valence-electron chi connectivity index (χ3n) is 1.49. The van der Waals surface area contributed by atoms with Gasteiger partial charge in [0.25, 0.3) is 0 Å². The third kappa shape index (κ3) is 3.84. The van der Waals surface area contributed by atoms with E-state index in [1.54, 1.807) is 0 Å². The molecule has 0 rings (SSSR count). The molecule has 0 fully saturated rings. The summed E-state index contributed by atoms with van der Waals surface area (Å²) in [5.74, 6) is -3.28. The lowest BCUT2D eigenvalue weighted by molar-refractivity contribution is -0.139. The van der Waals surface area contributed by atoms with Crippen LogP contribution in [0.15, 0.2) is 0 Å². The zero-order valence-electron chi connectivity index (χ0n) is 6.90. The smallest absolute Gasteiger partial charge is 0.339 e. The lowest BCUT2D eigenvalue weighted by Gasteiger charge is -2.15. The van der Waals surface area contributed by atoms with E-state index in [4.69, 9.17) is 25.7 Å². The third-order valence-corrected chi connectivity index (χ3v) is 2.73. The van der Waals surface area contributed by atoms with Crippen molar-refractivity contribution in [3.05, 3.63) is 0 Å². The summed E-state index contributed by atoms with van der Waals surface area (Å²) in [6.07, 6.45) is -0.811. The second kappa shape index (κ2) is 4.52. The van der Waals surface area contributed by atoms with E-state index >= 15 is 0 Å². The number of hydrogen-bond donors (Lipinski definition) is 5. The first-order valence-corrected chi connectivity index (χ1v) is 5.10. The second-order valence-corrected chi connectivity index (χ2v) is 4.43. The van der Waals surface area contributed by atoms with Gasteiger partial charge in [-0.1, -0.05) is 0 Å². The Kier molecular flexibility index (Phi) is 4.21. The van der Waals surface area contributed by atoms with Gasteiger partial charge < -0.3 is 25.7 Å². The maximum atomic E-state index is 10.6. The zero-order chi connectivity index (χ0) is 11.5. The molecule has 14 heavy (non-hydrogen) atoms. The molecule has 0 heterocycles. The van der Waals surface area contributed by atoms with Crippen LogP contribution in [0, 0.1) is 0 Å². The minimum Gasteiger partial charge on any atom is -0.481 e. The number of carboxylic acid groups (broad SMARTS) is 2. The summed E-state index contributed by atoms with van der Waals surface area (Å²) in [5.41, 5.74) is 2.87. The number of carbonyl (C=O) groups is 2. The molecule has 0 aromatic carbocycles. The molecule has 0 aromatic rings. The summed E-state index contributed by atoms with van der Waals surface area (Å²) in [4.78, 5) is 37.7. The molecule has 2 atom stereocenters. The van der Waals surface area contributed by atoms with Gasteiger partial charge in [0, 0.05) is 0 Å². The van der Waals surface area contributed by atoms with Crippen molar-refractivity contribution in [2.24, 2.45) is 5.73 Å². The number of nitrogens with two attached hydrogens (primary N) is 1. The molecule has 0 aliphatic rings. The highest BCUT2D eigenvalue weighted by molar-refractivity contribution is 7.53. The van der Waals surface area contributed by atoms with Crippen LogP contribution in [0.2, 0.25) is 0 Å². The van der Waals surface area contributed by atoms with Gasteiger partial charge in [0.15, 0.2) is 5.66 Å². The Hall–Kier alpha value is -0.950. The zero-order valence-corrected chi connectivity index (χ0v) is 7.79. The van der Waals surface area contributed by atoms with Gasteiger partial charge in [0.1, 0.15) is 6.04 Å². The lowest BCUT2D eigenvalue weighted by Crippen LogP contribution is -2.36. The molecule has 8 nitrogen and oxygen atoms in total. The van der Waals surface area contributed by atoms with Crippen LogP contribution in [0.4, 0.5) is 0 Å². The van der Waals surface area contributed by atoms with Gasteiger partial charge in [-0.05, 0) is 6.42 Å². The standard InChI is InChI=1S/C5H10NO7P/c6-2(4(7)8)1-3(5(9)10)14(11,12)13/h2-3H,1,6H2,(H,7,8)(H,9,10)(H2,11,12,13)/t2-,3?/m0/s1. The predicted molar refractivity (Wildman–Crippen MR) is 43.7 cm³/mol. The van der Waals surface area contributed by atoms with Gasteiger partial charge in [-0.25, -0.2) is 0 Å². The molecule has 0 aliphatic carbocycles. The second-order valence-electron chi connectivity index (χ2n) is 2.62. The summed E-state index contributed by atoms with van der Waals surface area (Å²) in [6.45, 7) is 0. The highest BCUT2D eigenvalue weighted by atomic mass is 31.2. The first-order valence-electron chi connectivity index (χ1n) is 3.42. The quantitative estimate of drug-likeness (QED) is 0.352. The van der Waals surface area contributed by atoms with Gasteiger partial charge in [-0.15, -0.1) is 0 Å². The van der Waals surface area contributed by atoms with Crippen LogP contribution in [0.1, 0.15) is 6.42 Å². The molecule has 0 aromatic heterocycles. The molecule has 0 saturated carbocycles. The topological polar surface area (TPSA) is 158 Å². The Bertz CT molecular complexity index is 284. The molecule has 6 N–H and O–H groups in total. The Morgan fingerprint density at radius 3 is 1.86 bits per heavy atom. The first kappa shape index (κ1) is 13.1. The monoisotopic (exact) mass is 227 g/mol. The molecule has 82 valence electrons. The van der Waals surface area contributed by atoms with Crippen molar-refractivity contribution in [3.63, 3.8) is 0 Å². The van der Waals surface area contributed by atoms with Gasteiger partial charge in [-0.3, -0.25) is 14.2 Å². The molecule has 0 saturated heterocycles. The van der Waals surface area contributed by atoms with Gasteiger partial charge in [-0.2, -0.15) is 0 Å². The van der Waals surface area contributed by atoms with Crippen LogP contribution in [-0.4, -0.2) is 43.6 Å². The highest BCUT2D eigenvalue weighted by Crippen LogP contribution is 2.43. The fourth-order valence-corrected chi connectivity index (χ4v) is 1.51. The van der Waals surface area contributed by atoms with Gasteiger partial charge in [0.05, 0.1) is 0 Å². The Balaban J connectivity index is 4.64. The van der Waals surface area contributed by atoms with Crippen molar-refractivity contribution in [3.8, 4) is 0 Å². The van der Waals surface area contributed by atoms with E-state index in [2.05, 4.69) is 0 Å². The normalized spacial score (nSPS) is 15.9. The fourth-order valence-electron chi connectivity index (χ4n) is 0.723. The molecule has 1 unspecified atom stereocenters. The largest absolute Gasteiger partial charge is 0.481 e. The fraction of sp³-hybridized carbons (Fsp3) is 0.600. The summed E-state index contributed by atoms with van der Waals surface area (Å²) < 4.78 is 10.6. The molecule has 9 heteroatoms. The molecule has 0 amide bonds. The molecule has 0 bridgehead atoms. The van der Waals surface area contributed by atoms with Crippen LogP contribution in [-0.2, 0) is 14.2 Å². The minimum atomic E-state index is -4.87. The summed E-state index contributed by atoms with van der Waals surface area (Å²) in [6, 6.07) is -1.61. The Morgan fingerprint density at radius 1 is 1.21 bits per heavy atom. The molecule has 0 aliphatic heterocycles. The Morgan fingerprint density at radius 2 is 1.64 bits per heavy atom. The number of rotatable bonds is 5. The van der Waals surface area contributed by atoms with Crippen LogP contribution in [0.5, 0.6) is 0 Å². The molecular formula is C5H10NO7P. The first-order chi connectivity index (χ1) is 6.16. The van der Waals surface area contributed by atoms with Crippen LogP contribution in [0.3, 0.4) is 0 Å². The molecule has 0 spiro atoms. The van der Waals surface area contributed by atoms with Crippen LogP contribution < -0.4 is 5.73 Å². The molecular weight excluding hydrogens is 217 g/mol. The Labute approximate surface area is 78.5 Å². The average molecular weight is 227 g/mol. The van der Waals surface area contributed by atoms with Crippen molar-refractivity contribution in [2.45, 2.75) is 18.1 Å². The van der Waals surface area contributed by atoms with E-state index < -0.39 is 37.7 Å². The summed E-state index contributed by atoms with van der Waals surface area (Å²) >= 11 is 0. The maximum absolute atomic E-state index is 10.6. The van der Waals surface area contributed by atoms with Crippen molar-refractivity contribution in [2.75, 3.05) is 0 Å². The number of hydrogen-bond acceptors (Lipinski definition) is 4. The summed E-state index contributed by atoms with van der Waals surface area (Å²) in [5, 5.41) is 16.7. The van der Waals surface area contributed by atoms with E-state index in [0.717, 1.165) is 0 Å². The van der Waals surface area contributed by atoms with Crippen molar-refractivity contribution in [1.29, 1.82) is 0 Å². The van der Waals surface area contributed by atoms with E-state index in [1.165, 1.54) is 0 Å². The van der Waals surface area contributed by atoms with Crippen molar-refractivity contribution >= 4 is 19.5 Å². The highest BCUT2D eigenvalue weighted by Gasteiger charge is 2.38. The van der Waals surface area contributed by atoms with Crippen molar-refractivity contribution < 1.29 is 34.2 Å². The number of carboxylic acids is 2. The van der Waals surface area contributed by atoms with Gasteiger partial charge in [0.2, 0.25) is 0 Å². The van der Waals surface area contributed by atoms with E-state index in [0.29, 0.717) is 0 Å². The lowest BCUT2D eigenvalue weighted by atomic mass is 10.2. The number of aliphatic carboxylic acids is 2.